The molecule has 0 unspecified atom stereocenters. The zero-order valence-electron chi connectivity index (χ0n) is 11.6. The summed E-state index contributed by atoms with van der Waals surface area (Å²) in [4.78, 5) is 8.75. The molecule has 0 aliphatic carbocycles. The topological polar surface area (TPSA) is 49.8 Å². The molecule has 0 bridgehead atoms. The number of aromatic nitrogens is 2. The molecule has 0 amide bonds. The minimum Gasteiger partial charge on any atom is -0.364 e. The van der Waals surface area contributed by atoms with Crippen molar-refractivity contribution in [2.45, 2.75) is 52.5 Å². The second kappa shape index (κ2) is 5.84. The quantitative estimate of drug-likeness (QED) is 0.796. The third-order valence-electron chi connectivity index (χ3n) is 3.50. The fourth-order valence-electron chi connectivity index (χ4n) is 2.03. The lowest BCUT2D eigenvalue weighted by Gasteiger charge is -2.32. The van der Waals surface area contributed by atoms with Gasteiger partial charge in [0, 0.05) is 24.3 Å². The predicted octanol–water partition coefficient (Wildman–Crippen LogP) is 3.21. The second-order valence-corrected chi connectivity index (χ2v) is 4.43. The Balaban J connectivity index is 2.96. The molecule has 0 saturated carbocycles. The normalized spacial score (nSPS) is 11.4. The van der Waals surface area contributed by atoms with Crippen molar-refractivity contribution < 1.29 is 0 Å². The number of hydrogen-bond acceptors (Lipinski definition) is 4. The summed E-state index contributed by atoms with van der Waals surface area (Å²) in [5, 5.41) is 6.55. The van der Waals surface area contributed by atoms with Crippen molar-refractivity contribution in [3.63, 3.8) is 0 Å². The van der Waals surface area contributed by atoms with Crippen molar-refractivity contribution >= 4 is 11.8 Å². The third-order valence-corrected chi connectivity index (χ3v) is 3.50. The van der Waals surface area contributed by atoms with E-state index >= 15 is 0 Å². The molecule has 96 valence electrons. The van der Waals surface area contributed by atoms with E-state index in [1.54, 1.807) is 0 Å². The highest BCUT2D eigenvalue weighted by molar-refractivity contribution is 5.44. The highest BCUT2D eigenvalue weighted by Gasteiger charge is 2.24. The van der Waals surface area contributed by atoms with Gasteiger partial charge in [-0.2, -0.15) is 4.98 Å². The Morgan fingerprint density at radius 2 is 1.71 bits per heavy atom. The molecule has 17 heavy (non-hydrogen) atoms. The van der Waals surface area contributed by atoms with Crippen LogP contribution in [0.1, 0.15) is 45.7 Å². The van der Waals surface area contributed by atoms with Crippen LogP contribution < -0.4 is 10.6 Å². The van der Waals surface area contributed by atoms with Crippen LogP contribution in [0.2, 0.25) is 0 Å². The molecular formula is C13H24N4. The number of hydrogen-bond donors (Lipinski definition) is 2. The Morgan fingerprint density at radius 1 is 1.12 bits per heavy atom. The van der Waals surface area contributed by atoms with E-state index in [0.29, 0.717) is 5.95 Å². The number of nitrogens with zero attached hydrogens (tertiary/aromatic N) is 2. The maximum atomic E-state index is 4.45. The fraction of sp³-hybridized carbons (Fsp3) is 0.692. The van der Waals surface area contributed by atoms with Crippen LogP contribution in [-0.4, -0.2) is 22.6 Å². The molecule has 1 rings (SSSR count). The van der Waals surface area contributed by atoms with Crippen LogP contribution in [0.4, 0.5) is 11.8 Å². The van der Waals surface area contributed by atoms with Crippen molar-refractivity contribution in [1.82, 2.24) is 9.97 Å². The van der Waals surface area contributed by atoms with Crippen molar-refractivity contribution in [2.24, 2.45) is 0 Å². The van der Waals surface area contributed by atoms with Gasteiger partial charge in [0.05, 0.1) is 0 Å². The summed E-state index contributed by atoms with van der Waals surface area (Å²) in [6, 6.07) is 2.00. The number of anilines is 2. The molecule has 0 saturated heterocycles. The zero-order chi connectivity index (χ0) is 12.9. The maximum absolute atomic E-state index is 4.45. The minimum absolute atomic E-state index is 0.145. The highest BCUT2D eigenvalue weighted by Crippen LogP contribution is 2.25. The lowest BCUT2D eigenvalue weighted by molar-refractivity contribution is 0.419. The zero-order valence-corrected chi connectivity index (χ0v) is 11.6. The van der Waals surface area contributed by atoms with Crippen molar-refractivity contribution in [1.29, 1.82) is 0 Å². The van der Waals surface area contributed by atoms with E-state index in [2.05, 4.69) is 41.4 Å². The molecule has 0 fully saturated rings. The van der Waals surface area contributed by atoms with Gasteiger partial charge < -0.3 is 10.6 Å². The third kappa shape index (κ3) is 3.32. The van der Waals surface area contributed by atoms with E-state index in [0.717, 1.165) is 30.8 Å². The van der Waals surface area contributed by atoms with E-state index in [4.69, 9.17) is 0 Å². The molecule has 0 atom stereocenters. The van der Waals surface area contributed by atoms with E-state index in [9.17, 15) is 0 Å². The van der Waals surface area contributed by atoms with Gasteiger partial charge in [0.2, 0.25) is 5.95 Å². The van der Waals surface area contributed by atoms with Gasteiger partial charge in [-0.1, -0.05) is 20.8 Å². The van der Waals surface area contributed by atoms with E-state index in [1.807, 2.05) is 20.0 Å². The average Bonchev–Trinajstić information content (AvgIpc) is 2.35. The van der Waals surface area contributed by atoms with Crippen LogP contribution in [0.15, 0.2) is 6.07 Å². The van der Waals surface area contributed by atoms with Gasteiger partial charge in [0.1, 0.15) is 5.82 Å². The van der Waals surface area contributed by atoms with Crippen molar-refractivity contribution in [3.05, 3.63) is 11.8 Å². The summed E-state index contributed by atoms with van der Waals surface area (Å²) in [6.45, 7) is 8.63. The molecule has 4 nitrogen and oxygen atoms in total. The minimum atomic E-state index is 0.145. The van der Waals surface area contributed by atoms with E-state index < -0.39 is 0 Å². The monoisotopic (exact) mass is 236 g/mol. The van der Waals surface area contributed by atoms with Gasteiger partial charge >= 0.3 is 0 Å². The van der Waals surface area contributed by atoms with Gasteiger partial charge in [-0.15, -0.1) is 0 Å². The molecule has 0 spiro atoms. The van der Waals surface area contributed by atoms with Crippen LogP contribution in [0, 0.1) is 6.92 Å². The van der Waals surface area contributed by atoms with E-state index in [1.165, 1.54) is 0 Å². The predicted molar refractivity (Wildman–Crippen MR) is 73.5 cm³/mol. The Bertz CT molecular complexity index is 350. The Hall–Kier alpha value is -1.32. The standard InChI is InChI=1S/C13H24N4/c1-6-13(7-2,8-3)17-11-9-10(4)15-12(14-5)16-11/h9H,6-8H2,1-5H3,(H2,14,15,16,17). The fourth-order valence-corrected chi connectivity index (χ4v) is 2.03. The summed E-state index contributed by atoms with van der Waals surface area (Å²) in [6.07, 6.45) is 3.29. The van der Waals surface area contributed by atoms with E-state index in [-0.39, 0.29) is 5.54 Å². The number of aryl methyl sites for hydroxylation is 1. The van der Waals surface area contributed by atoms with Gasteiger partial charge in [0.15, 0.2) is 0 Å². The summed E-state index contributed by atoms with van der Waals surface area (Å²) in [7, 11) is 1.84. The first-order valence-corrected chi connectivity index (χ1v) is 6.40. The SMILES string of the molecule is CCC(CC)(CC)Nc1cc(C)nc(NC)n1. The summed E-state index contributed by atoms with van der Waals surface area (Å²) >= 11 is 0. The van der Waals surface area contributed by atoms with Crippen LogP contribution in [0.25, 0.3) is 0 Å². The molecule has 4 heteroatoms. The molecule has 0 radical (unpaired) electrons. The summed E-state index contributed by atoms with van der Waals surface area (Å²) in [5.41, 5.74) is 1.12. The first kappa shape index (κ1) is 13.7. The molecule has 0 aliphatic rings. The molecule has 0 aromatic carbocycles. The van der Waals surface area contributed by atoms with Crippen molar-refractivity contribution in [2.75, 3.05) is 17.7 Å². The molecule has 2 N–H and O–H groups in total. The Kier molecular flexibility index (Phi) is 4.73. The highest BCUT2D eigenvalue weighted by atomic mass is 15.1. The van der Waals surface area contributed by atoms with Crippen LogP contribution >= 0.6 is 0 Å². The molecular weight excluding hydrogens is 212 g/mol. The smallest absolute Gasteiger partial charge is 0.224 e. The Morgan fingerprint density at radius 3 is 2.18 bits per heavy atom. The molecule has 1 aromatic heterocycles. The molecule has 0 aliphatic heterocycles. The first-order chi connectivity index (χ1) is 8.09. The maximum Gasteiger partial charge on any atom is 0.224 e. The first-order valence-electron chi connectivity index (χ1n) is 6.40. The second-order valence-electron chi connectivity index (χ2n) is 4.43. The molecule has 1 heterocycles. The summed E-state index contributed by atoms with van der Waals surface area (Å²) in [5.74, 6) is 1.58. The van der Waals surface area contributed by atoms with Crippen LogP contribution in [0.5, 0.6) is 0 Å². The summed E-state index contributed by atoms with van der Waals surface area (Å²) < 4.78 is 0. The lowest BCUT2D eigenvalue weighted by atomic mass is 9.90. The van der Waals surface area contributed by atoms with Crippen LogP contribution in [0.3, 0.4) is 0 Å². The Labute approximate surface area is 104 Å². The lowest BCUT2D eigenvalue weighted by Crippen LogP contribution is -2.36. The van der Waals surface area contributed by atoms with Gasteiger partial charge in [-0.05, 0) is 26.2 Å². The van der Waals surface area contributed by atoms with Crippen LogP contribution in [-0.2, 0) is 0 Å². The largest absolute Gasteiger partial charge is 0.364 e. The van der Waals surface area contributed by atoms with Gasteiger partial charge in [0.25, 0.3) is 0 Å². The number of nitrogens with one attached hydrogen (secondary N) is 2. The number of rotatable bonds is 6. The average molecular weight is 236 g/mol. The van der Waals surface area contributed by atoms with Crippen molar-refractivity contribution in [3.8, 4) is 0 Å². The molecule has 1 aromatic rings. The van der Waals surface area contributed by atoms with Gasteiger partial charge in [-0.25, -0.2) is 4.98 Å². The van der Waals surface area contributed by atoms with Gasteiger partial charge in [-0.3, -0.25) is 0 Å².